The van der Waals surface area contributed by atoms with Crippen LogP contribution in [-0.2, 0) is 16.1 Å². The van der Waals surface area contributed by atoms with Gasteiger partial charge in [0.25, 0.3) is 0 Å². The Morgan fingerprint density at radius 3 is 2.17 bits per heavy atom. The van der Waals surface area contributed by atoms with Crippen molar-refractivity contribution in [3.05, 3.63) is 76.8 Å². The first kappa shape index (κ1) is 29.9. The molecule has 0 saturated heterocycles. The average molecular weight is 579 g/mol. The molecule has 0 spiro atoms. The highest BCUT2D eigenvalue weighted by Gasteiger charge is 2.35. The normalized spacial score (nSPS) is 12.8. The molecule has 0 atom stereocenters. The minimum Gasteiger partial charge on any atom is -0.497 e. The Morgan fingerprint density at radius 2 is 1.61 bits per heavy atom. The zero-order valence-corrected chi connectivity index (χ0v) is 24.7. The van der Waals surface area contributed by atoms with Crippen LogP contribution in [0.15, 0.2) is 60.7 Å². The second-order valence-electron chi connectivity index (χ2n) is 10.9. The summed E-state index contributed by atoms with van der Waals surface area (Å²) < 4.78 is 16.3. The fourth-order valence-electron chi connectivity index (χ4n) is 4.33. The number of amides is 2. The van der Waals surface area contributed by atoms with Crippen LogP contribution in [-0.4, -0.2) is 48.5 Å². The lowest BCUT2D eigenvalue weighted by Crippen LogP contribution is -2.37. The summed E-state index contributed by atoms with van der Waals surface area (Å²) in [7, 11) is 3.10. The average Bonchev–Trinajstić information content (AvgIpc) is 3.76. The van der Waals surface area contributed by atoms with E-state index in [0.29, 0.717) is 39.9 Å². The fraction of sp³-hybridized carbons (Fsp3) is 0.344. The number of halogens is 1. The van der Waals surface area contributed by atoms with Gasteiger partial charge < -0.3 is 24.4 Å². The summed E-state index contributed by atoms with van der Waals surface area (Å²) in [4.78, 5) is 39.8. The van der Waals surface area contributed by atoms with Gasteiger partial charge in [-0.2, -0.15) is 0 Å². The Labute approximate surface area is 245 Å². The van der Waals surface area contributed by atoms with Crippen molar-refractivity contribution < 1.29 is 28.6 Å². The minimum absolute atomic E-state index is 0.194. The van der Waals surface area contributed by atoms with Crippen LogP contribution in [0.1, 0.15) is 56.0 Å². The third-order valence-electron chi connectivity index (χ3n) is 6.51. The van der Waals surface area contributed by atoms with E-state index >= 15 is 0 Å². The summed E-state index contributed by atoms with van der Waals surface area (Å²) in [6, 6.07) is 17.7. The van der Waals surface area contributed by atoms with Gasteiger partial charge in [0.1, 0.15) is 17.1 Å². The predicted molar refractivity (Wildman–Crippen MR) is 159 cm³/mol. The molecule has 216 valence electrons. The van der Waals surface area contributed by atoms with E-state index in [1.807, 2.05) is 32.9 Å². The van der Waals surface area contributed by atoms with Crippen LogP contribution in [0, 0.1) is 0 Å². The minimum atomic E-state index is -0.560. The van der Waals surface area contributed by atoms with Gasteiger partial charge in [0.2, 0.25) is 5.91 Å². The third-order valence-corrected chi connectivity index (χ3v) is 6.80. The van der Waals surface area contributed by atoms with Gasteiger partial charge in [0.05, 0.1) is 25.7 Å². The van der Waals surface area contributed by atoms with Crippen LogP contribution in [0.25, 0.3) is 11.1 Å². The van der Waals surface area contributed by atoms with Crippen molar-refractivity contribution >= 4 is 35.1 Å². The first-order valence-electron chi connectivity index (χ1n) is 13.4. The van der Waals surface area contributed by atoms with E-state index in [4.69, 9.17) is 25.8 Å². The Kier molecular flexibility index (Phi) is 9.23. The third kappa shape index (κ3) is 8.01. The first-order chi connectivity index (χ1) is 19.5. The van der Waals surface area contributed by atoms with E-state index in [0.717, 1.165) is 24.0 Å². The zero-order chi connectivity index (χ0) is 29.7. The molecule has 1 N–H and O–H groups in total. The smallest absolute Gasteiger partial charge is 0.410 e. The standard InChI is InChI=1S/C32H35ClN2O6/c1-32(2,3)41-31(38)35(24-14-15-24)19-20-6-12-23(13-7-20)34-29(37)18-27(36)21-8-10-22(11-9-21)30-26(33)16-25(39-4)17-28(30)40-5/h6-13,16-17,24H,14-15,18-19H2,1-5H3,(H,34,37). The van der Waals surface area contributed by atoms with E-state index in [2.05, 4.69) is 5.32 Å². The van der Waals surface area contributed by atoms with Crippen molar-refractivity contribution in [1.82, 2.24) is 4.90 Å². The largest absolute Gasteiger partial charge is 0.497 e. The number of carbonyl (C=O) groups excluding carboxylic acids is 3. The molecule has 2 amide bonds. The summed E-state index contributed by atoms with van der Waals surface area (Å²) in [5.74, 6) is 0.393. The zero-order valence-electron chi connectivity index (χ0n) is 24.0. The van der Waals surface area contributed by atoms with Gasteiger partial charge in [0.15, 0.2) is 5.78 Å². The van der Waals surface area contributed by atoms with Gasteiger partial charge in [-0.15, -0.1) is 0 Å². The van der Waals surface area contributed by atoms with Crippen LogP contribution in [0.4, 0.5) is 10.5 Å². The van der Waals surface area contributed by atoms with Gasteiger partial charge in [-0.1, -0.05) is 48.0 Å². The maximum atomic E-state index is 12.8. The molecule has 0 bridgehead atoms. The Morgan fingerprint density at radius 1 is 0.951 bits per heavy atom. The number of hydrogen-bond donors (Lipinski definition) is 1. The Hall–Kier alpha value is -4.04. The van der Waals surface area contributed by atoms with Crippen molar-refractivity contribution in [2.24, 2.45) is 0 Å². The molecule has 3 aromatic rings. The highest BCUT2D eigenvalue weighted by Crippen LogP contribution is 2.40. The van der Waals surface area contributed by atoms with Gasteiger partial charge in [-0.05, 0) is 62.9 Å². The number of anilines is 1. The molecule has 1 saturated carbocycles. The number of ether oxygens (including phenoxy) is 3. The topological polar surface area (TPSA) is 94.2 Å². The van der Waals surface area contributed by atoms with E-state index in [9.17, 15) is 14.4 Å². The van der Waals surface area contributed by atoms with Gasteiger partial charge in [-0.25, -0.2) is 4.79 Å². The van der Waals surface area contributed by atoms with Crippen molar-refractivity contribution in [1.29, 1.82) is 0 Å². The van der Waals surface area contributed by atoms with Gasteiger partial charge in [0, 0.05) is 35.5 Å². The molecule has 9 heteroatoms. The quantitative estimate of drug-likeness (QED) is 0.203. The molecule has 1 aliphatic rings. The first-order valence-corrected chi connectivity index (χ1v) is 13.8. The van der Waals surface area contributed by atoms with Crippen molar-refractivity contribution in [3.8, 4) is 22.6 Å². The second kappa shape index (κ2) is 12.6. The van der Waals surface area contributed by atoms with E-state index < -0.39 is 11.5 Å². The van der Waals surface area contributed by atoms with Gasteiger partial charge in [-0.3, -0.25) is 9.59 Å². The predicted octanol–water partition coefficient (Wildman–Crippen LogP) is 7.14. The number of carbonyl (C=O) groups is 3. The SMILES string of the molecule is COc1cc(Cl)c(-c2ccc(C(=O)CC(=O)Nc3ccc(CN(C(=O)OC(C)(C)C)C4CC4)cc3)cc2)c(OC)c1. The molecular formula is C32H35ClN2O6. The molecule has 1 fully saturated rings. The van der Waals surface area contributed by atoms with E-state index in [1.165, 1.54) is 0 Å². The van der Waals surface area contributed by atoms with Crippen molar-refractivity contribution in [2.45, 2.75) is 58.2 Å². The molecule has 4 rings (SSSR count). The summed E-state index contributed by atoms with van der Waals surface area (Å²) in [5.41, 5.74) is 2.79. The Bertz CT molecular complexity index is 1410. The summed E-state index contributed by atoms with van der Waals surface area (Å²) in [6.45, 7) is 5.98. The monoisotopic (exact) mass is 578 g/mol. The number of methoxy groups -OCH3 is 2. The van der Waals surface area contributed by atoms with Crippen LogP contribution in [0.3, 0.4) is 0 Å². The number of rotatable bonds is 10. The van der Waals surface area contributed by atoms with Crippen LogP contribution in [0.2, 0.25) is 5.02 Å². The molecule has 0 aliphatic heterocycles. The van der Waals surface area contributed by atoms with E-state index in [1.54, 1.807) is 67.7 Å². The van der Waals surface area contributed by atoms with E-state index in [-0.39, 0.29) is 24.3 Å². The van der Waals surface area contributed by atoms with Crippen LogP contribution >= 0.6 is 11.6 Å². The number of benzene rings is 3. The molecule has 0 aromatic heterocycles. The number of nitrogens with one attached hydrogen (secondary N) is 1. The van der Waals surface area contributed by atoms with Crippen molar-refractivity contribution in [3.63, 3.8) is 0 Å². The lowest BCUT2D eigenvalue weighted by Gasteiger charge is -2.27. The highest BCUT2D eigenvalue weighted by molar-refractivity contribution is 6.34. The number of hydrogen-bond acceptors (Lipinski definition) is 6. The summed E-state index contributed by atoms with van der Waals surface area (Å²) in [5, 5.41) is 3.23. The highest BCUT2D eigenvalue weighted by atomic mass is 35.5. The summed E-state index contributed by atoms with van der Waals surface area (Å²) in [6.07, 6.45) is 1.30. The van der Waals surface area contributed by atoms with Crippen LogP contribution in [0.5, 0.6) is 11.5 Å². The second-order valence-corrected chi connectivity index (χ2v) is 11.4. The lowest BCUT2D eigenvalue weighted by molar-refractivity contribution is -0.115. The number of ketones is 1. The molecule has 8 nitrogen and oxygen atoms in total. The number of nitrogens with zero attached hydrogens (tertiary/aromatic N) is 1. The molecule has 0 radical (unpaired) electrons. The molecule has 0 heterocycles. The number of Topliss-reactive ketones (excluding diaryl/α,β-unsaturated/α-hetero) is 1. The Balaban J connectivity index is 1.34. The molecule has 1 aliphatic carbocycles. The molecule has 41 heavy (non-hydrogen) atoms. The lowest BCUT2D eigenvalue weighted by atomic mass is 10.00. The molecule has 0 unspecified atom stereocenters. The van der Waals surface area contributed by atoms with Gasteiger partial charge >= 0.3 is 6.09 Å². The summed E-state index contributed by atoms with van der Waals surface area (Å²) >= 11 is 6.46. The molecule has 3 aromatic carbocycles. The fourth-order valence-corrected chi connectivity index (χ4v) is 4.64. The van der Waals surface area contributed by atoms with Crippen molar-refractivity contribution in [2.75, 3.05) is 19.5 Å². The maximum absolute atomic E-state index is 12.8. The molecular weight excluding hydrogens is 544 g/mol. The van der Waals surface area contributed by atoms with Crippen LogP contribution < -0.4 is 14.8 Å². The maximum Gasteiger partial charge on any atom is 0.410 e.